The maximum Gasteiger partial charge on any atom is 0.490 e. The van der Waals surface area contributed by atoms with Gasteiger partial charge >= 0.3 is 12.1 Å². The van der Waals surface area contributed by atoms with E-state index in [1.807, 2.05) is 27.7 Å². The third-order valence-corrected chi connectivity index (χ3v) is 12.7. The standard InChI is InChI=1S/C47H66N6O8.C2HF3O2/c1-8-16-32(43(58)37(54)23-24-40(57)50-42(46(61)52(5)6)31-19-13-10-14-20-31)27-38(55)33-21-15-22-36(33)53(7)45(60)34(47(2,3)4)28-39(56)41(30-17-11-9-12-18-30)51-44(59)35-29-48-25-26-49-35;3-2(4,5)1(6)7/h10,13-14,19-20,25-26,29-30,32-34,36,41-42H,8-9,11-12,15-18,21-24,27-28H2,1-7H3,(H,50,57)(H,51,59);(H,6,7)/t32-,33-,34-,36+,41+,42+;/m1./s1. The number of carboxylic acid groups (broad SMARTS) is 1. The van der Waals surface area contributed by atoms with Crippen molar-refractivity contribution in [1.82, 2.24) is 30.4 Å². The predicted molar refractivity (Wildman–Crippen MR) is 243 cm³/mol. The van der Waals surface area contributed by atoms with E-state index in [-0.39, 0.29) is 60.7 Å². The number of amides is 4. The van der Waals surface area contributed by atoms with Gasteiger partial charge in [0.2, 0.25) is 23.5 Å². The number of carbonyl (C=O) groups is 9. The van der Waals surface area contributed by atoms with Crippen LogP contribution in [0.5, 0.6) is 0 Å². The number of carbonyl (C=O) groups excluding carboxylic acids is 8. The van der Waals surface area contributed by atoms with Crippen molar-refractivity contribution in [3.05, 3.63) is 60.2 Å². The van der Waals surface area contributed by atoms with Crippen LogP contribution in [0, 0.1) is 29.1 Å². The van der Waals surface area contributed by atoms with Crippen molar-refractivity contribution >= 4 is 52.7 Å². The molecule has 0 radical (unpaired) electrons. The lowest BCUT2D eigenvalue weighted by atomic mass is 9.73. The quantitative estimate of drug-likeness (QED) is 0.118. The topological polar surface area (TPSA) is 230 Å². The highest BCUT2D eigenvalue weighted by atomic mass is 19.4. The lowest BCUT2D eigenvalue weighted by Crippen LogP contribution is -2.51. The third kappa shape index (κ3) is 16.7. The van der Waals surface area contributed by atoms with Gasteiger partial charge in [0.15, 0.2) is 11.6 Å². The molecule has 0 aliphatic heterocycles. The molecule has 19 heteroatoms. The number of alkyl halides is 3. The molecule has 4 amide bonds. The van der Waals surface area contributed by atoms with Gasteiger partial charge < -0.3 is 25.5 Å². The number of rotatable bonds is 21. The van der Waals surface area contributed by atoms with E-state index >= 15 is 0 Å². The van der Waals surface area contributed by atoms with Crippen molar-refractivity contribution in [2.24, 2.45) is 29.1 Å². The maximum absolute atomic E-state index is 14.5. The number of nitrogens with one attached hydrogen (secondary N) is 2. The summed E-state index contributed by atoms with van der Waals surface area (Å²) in [7, 11) is 4.84. The van der Waals surface area contributed by atoms with Gasteiger partial charge in [-0.2, -0.15) is 13.2 Å². The van der Waals surface area contributed by atoms with Crippen LogP contribution in [0.3, 0.4) is 0 Å². The lowest BCUT2D eigenvalue weighted by Gasteiger charge is -2.38. The molecule has 1 aromatic heterocycles. The molecule has 1 heterocycles. The van der Waals surface area contributed by atoms with Crippen LogP contribution < -0.4 is 10.6 Å². The van der Waals surface area contributed by atoms with E-state index in [2.05, 4.69) is 20.6 Å². The molecule has 68 heavy (non-hydrogen) atoms. The molecule has 4 rings (SSSR count). The molecule has 2 saturated carbocycles. The fourth-order valence-electron chi connectivity index (χ4n) is 8.91. The number of likely N-dealkylation sites (N-methyl/N-ethyl adjacent to an activating group) is 1. The Bertz CT molecular complexity index is 2070. The number of ketones is 4. The van der Waals surface area contributed by atoms with Crippen molar-refractivity contribution in [3.63, 3.8) is 0 Å². The van der Waals surface area contributed by atoms with E-state index in [9.17, 15) is 51.5 Å². The summed E-state index contributed by atoms with van der Waals surface area (Å²) in [6.07, 6.45) is 5.43. The number of nitrogens with zero attached hydrogens (tertiary/aromatic N) is 4. The number of benzene rings is 1. The van der Waals surface area contributed by atoms with E-state index in [0.717, 1.165) is 32.1 Å². The number of hydrogen-bond acceptors (Lipinski definition) is 11. The van der Waals surface area contributed by atoms with Gasteiger partial charge in [0, 0.05) is 83.0 Å². The Kier molecular flexibility index (Phi) is 21.6. The summed E-state index contributed by atoms with van der Waals surface area (Å²) in [6.45, 7) is 7.60. The minimum absolute atomic E-state index is 0.0688. The molecule has 0 saturated heterocycles. The Morgan fingerprint density at radius 1 is 0.809 bits per heavy atom. The highest BCUT2D eigenvalue weighted by molar-refractivity contribution is 6.38. The summed E-state index contributed by atoms with van der Waals surface area (Å²) in [4.78, 5) is 129. The van der Waals surface area contributed by atoms with Gasteiger partial charge in [-0.3, -0.25) is 43.3 Å². The summed E-state index contributed by atoms with van der Waals surface area (Å²) >= 11 is 0. The molecule has 0 spiro atoms. The first-order valence-electron chi connectivity index (χ1n) is 23.2. The van der Waals surface area contributed by atoms with E-state index in [1.54, 1.807) is 56.4 Å². The Labute approximate surface area is 396 Å². The summed E-state index contributed by atoms with van der Waals surface area (Å²) < 4.78 is 31.7. The smallest absolute Gasteiger partial charge is 0.475 e. The molecule has 0 unspecified atom stereocenters. The number of hydrogen-bond donors (Lipinski definition) is 3. The van der Waals surface area contributed by atoms with E-state index in [4.69, 9.17) is 9.90 Å². The van der Waals surface area contributed by atoms with Gasteiger partial charge in [-0.05, 0) is 49.0 Å². The van der Waals surface area contributed by atoms with Gasteiger partial charge in [0.05, 0.1) is 12.2 Å². The molecule has 2 aliphatic carbocycles. The van der Waals surface area contributed by atoms with Crippen molar-refractivity contribution in [2.75, 3.05) is 21.1 Å². The molecular formula is C49H67F3N6O10. The largest absolute Gasteiger partial charge is 0.490 e. The number of aliphatic carboxylic acids is 1. The van der Waals surface area contributed by atoms with Crippen molar-refractivity contribution in [1.29, 1.82) is 0 Å². The number of Topliss-reactive ketones (excluding diaryl/α,β-unsaturated/α-hetero) is 4. The molecule has 3 N–H and O–H groups in total. The fraction of sp³-hybridized carbons (Fsp3) is 0.612. The Hall–Kier alpha value is -5.88. The minimum atomic E-state index is -5.08. The third-order valence-electron chi connectivity index (χ3n) is 12.7. The molecule has 1 aromatic carbocycles. The van der Waals surface area contributed by atoms with Crippen molar-refractivity contribution in [3.8, 4) is 0 Å². The zero-order valence-electron chi connectivity index (χ0n) is 40.1. The van der Waals surface area contributed by atoms with Crippen molar-refractivity contribution in [2.45, 2.75) is 142 Å². The molecular weight excluding hydrogens is 890 g/mol. The molecule has 374 valence electrons. The Morgan fingerprint density at radius 2 is 1.44 bits per heavy atom. The van der Waals surface area contributed by atoms with Crippen LogP contribution in [0.15, 0.2) is 48.9 Å². The van der Waals surface area contributed by atoms with Crippen LogP contribution in [0.4, 0.5) is 13.2 Å². The second kappa shape index (κ2) is 26.0. The molecule has 2 aromatic rings. The van der Waals surface area contributed by atoms with E-state index < -0.39 is 76.8 Å². The summed E-state index contributed by atoms with van der Waals surface area (Å²) in [5, 5.41) is 12.8. The monoisotopic (exact) mass is 956 g/mol. The first-order chi connectivity index (χ1) is 31.9. The van der Waals surface area contributed by atoms with E-state index in [0.29, 0.717) is 37.7 Å². The zero-order valence-corrected chi connectivity index (χ0v) is 40.1. The first-order valence-corrected chi connectivity index (χ1v) is 23.2. The zero-order chi connectivity index (χ0) is 50.9. The van der Waals surface area contributed by atoms with E-state index in [1.165, 1.54) is 23.5 Å². The second-order valence-electron chi connectivity index (χ2n) is 19.0. The summed E-state index contributed by atoms with van der Waals surface area (Å²) in [5.74, 6) is -8.48. The Morgan fingerprint density at radius 3 is 1.99 bits per heavy atom. The Balaban J connectivity index is 0.00000162. The number of halogens is 3. The number of aromatic nitrogens is 2. The average molecular weight is 957 g/mol. The van der Waals surface area contributed by atoms with Gasteiger partial charge in [-0.15, -0.1) is 0 Å². The van der Waals surface area contributed by atoms with Gasteiger partial charge in [0.1, 0.15) is 17.5 Å². The van der Waals surface area contributed by atoms with Crippen LogP contribution in [-0.2, 0) is 38.4 Å². The van der Waals surface area contributed by atoms with Gasteiger partial charge in [-0.1, -0.05) is 90.1 Å². The number of carboxylic acids is 1. The lowest BCUT2D eigenvalue weighted by molar-refractivity contribution is -0.192. The molecule has 2 aliphatic rings. The van der Waals surface area contributed by atoms with Crippen LogP contribution in [0.1, 0.15) is 140 Å². The normalized spacial score (nSPS) is 18.0. The minimum Gasteiger partial charge on any atom is -0.475 e. The molecule has 2 fully saturated rings. The van der Waals surface area contributed by atoms with Gasteiger partial charge in [0.25, 0.3) is 5.91 Å². The average Bonchev–Trinajstić information content (AvgIpc) is 3.80. The summed E-state index contributed by atoms with van der Waals surface area (Å²) in [5.41, 5.74) is 0.0612. The maximum atomic E-state index is 14.5. The van der Waals surface area contributed by atoms with Crippen molar-refractivity contribution < 1.29 is 61.4 Å². The van der Waals surface area contributed by atoms with Crippen LogP contribution in [0.25, 0.3) is 0 Å². The van der Waals surface area contributed by atoms with Crippen LogP contribution >= 0.6 is 0 Å². The van der Waals surface area contributed by atoms with Crippen LogP contribution in [-0.4, -0.2) is 117 Å². The predicted octanol–water partition coefficient (Wildman–Crippen LogP) is 6.28. The molecule has 6 atom stereocenters. The first kappa shape index (κ1) is 56.4. The van der Waals surface area contributed by atoms with Gasteiger partial charge in [-0.25, -0.2) is 9.78 Å². The summed E-state index contributed by atoms with van der Waals surface area (Å²) in [6, 6.07) is 6.55. The highest BCUT2D eigenvalue weighted by Crippen LogP contribution is 2.38. The van der Waals surface area contributed by atoms with Crippen LogP contribution in [0.2, 0.25) is 0 Å². The molecule has 16 nitrogen and oxygen atoms in total. The second-order valence-corrected chi connectivity index (χ2v) is 19.0. The highest BCUT2D eigenvalue weighted by Gasteiger charge is 2.44. The SMILES string of the molecule is CCC[C@H](CC(=O)[C@@H]1CCC[C@@H]1N(C)C(=O)[C@@H](CC(=O)[C@@H](NC(=O)c1cnccn1)C1CCCCC1)C(C)(C)C)C(=O)C(=O)CCC(=O)N[C@H](C(=O)N(C)C)c1ccccc1.O=C(O)C(F)(F)F. The fourth-order valence-corrected chi connectivity index (χ4v) is 8.91. The molecule has 0 bridgehead atoms.